The molecule has 6 nitrogen and oxygen atoms in total. The van der Waals surface area contributed by atoms with Crippen molar-refractivity contribution in [3.63, 3.8) is 0 Å². The van der Waals surface area contributed by atoms with Gasteiger partial charge in [0, 0.05) is 44.0 Å². The molecule has 0 atom stereocenters. The molecule has 1 aromatic rings. The Hall–Kier alpha value is -2.24. The average molecular weight is 347 g/mol. The Labute approximate surface area is 148 Å². The number of benzene rings is 1. The fourth-order valence-corrected chi connectivity index (χ4v) is 3.63. The largest absolute Gasteiger partial charge is 0.496 e. The summed E-state index contributed by atoms with van der Waals surface area (Å²) in [4.78, 5) is 26.8. The second-order valence-corrected chi connectivity index (χ2v) is 7.07. The van der Waals surface area contributed by atoms with Crippen molar-refractivity contribution in [2.75, 3.05) is 27.3 Å². The second-order valence-electron chi connectivity index (χ2n) is 7.07. The van der Waals surface area contributed by atoms with Crippen LogP contribution in [-0.4, -0.2) is 49.5 Å². The number of fused-ring (bicyclic) bond motifs is 1. The lowest BCUT2D eigenvalue weighted by Crippen LogP contribution is -2.52. The molecule has 0 saturated carbocycles. The molecule has 0 bridgehead atoms. The zero-order valence-corrected chi connectivity index (χ0v) is 15.3. The molecule has 2 aliphatic heterocycles. The molecule has 0 radical (unpaired) electrons. The van der Waals surface area contributed by atoms with E-state index in [2.05, 4.69) is 0 Å². The van der Waals surface area contributed by atoms with E-state index in [1.165, 1.54) is 7.11 Å². The van der Waals surface area contributed by atoms with Gasteiger partial charge in [0.05, 0.1) is 20.6 Å². The Bertz CT molecular complexity index is 689. The van der Waals surface area contributed by atoms with Crippen molar-refractivity contribution in [1.82, 2.24) is 4.90 Å². The summed E-state index contributed by atoms with van der Waals surface area (Å²) in [6.45, 7) is 5.03. The van der Waals surface area contributed by atoms with Gasteiger partial charge < -0.3 is 19.1 Å². The maximum atomic E-state index is 12.8. The number of ketones is 1. The van der Waals surface area contributed by atoms with Crippen molar-refractivity contribution < 1.29 is 23.8 Å². The normalized spacial score (nSPS) is 18.8. The van der Waals surface area contributed by atoms with Crippen molar-refractivity contribution in [1.29, 1.82) is 0 Å². The van der Waals surface area contributed by atoms with Gasteiger partial charge in [0.25, 0.3) is 0 Å². The number of nitrogens with zero attached hydrogens (tertiary/aromatic N) is 1. The molecule has 1 aromatic carbocycles. The molecule has 1 spiro atoms. The minimum absolute atomic E-state index is 0.0165. The number of amides is 1. The topological polar surface area (TPSA) is 65.1 Å². The maximum Gasteiger partial charge on any atom is 0.225 e. The summed E-state index contributed by atoms with van der Waals surface area (Å²) < 4.78 is 16.9. The minimum atomic E-state index is -0.546. The van der Waals surface area contributed by atoms with Gasteiger partial charge in [0.15, 0.2) is 5.78 Å². The molecule has 25 heavy (non-hydrogen) atoms. The van der Waals surface area contributed by atoms with E-state index in [0.29, 0.717) is 55.2 Å². The van der Waals surface area contributed by atoms with Crippen LogP contribution in [0.1, 0.15) is 43.5 Å². The van der Waals surface area contributed by atoms with Crippen LogP contribution in [0.15, 0.2) is 12.1 Å². The number of carbonyl (C=O) groups is 2. The molecular weight excluding hydrogens is 322 g/mol. The van der Waals surface area contributed by atoms with Crippen LogP contribution in [0, 0.1) is 5.92 Å². The molecule has 0 aliphatic carbocycles. The van der Waals surface area contributed by atoms with Crippen LogP contribution >= 0.6 is 0 Å². The second kappa shape index (κ2) is 6.58. The van der Waals surface area contributed by atoms with E-state index in [9.17, 15) is 9.59 Å². The summed E-state index contributed by atoms with van der Waals surface area (Å²) in [5.41, 5.74) is -0.0653. The van der Waals surface area contributed by atoms with E-state index in [-0.39, 0.29) is 17.6 Å². The average Bonchev–Trinajstić information content (AvgIpc) is 2.60. The molecule has 1 amide bonds. The molecule has 2 heterocycles. The summed E-state index contributed by atoms with van der Waals surface area (Å²) >= 11 is 0. The maximum absolute atomic E-state index is 12.8. The molecule has 0 unspecified atom stereocenters. The Morgan fingerprint density at radius 2 is 1.88 bits per heavy atom. The van der Waals surface area contributed by atoms with Gasteiger partial charge >= 0.3 is 0 Å². The lowest BCUT2D eigenvalue weighted by molar-refractivity contribution is -0.138. The Morgan fingerprint density at radius 3 is 2.44 bits per heavy atom. The van der Waals surface area contributed by atoms with Crippen molar-refractivity contribution in [3.8, 4) is 17.2 Å². The summed E-state index contributed by atoms with van der Waals surface area (Å²) in [5, 5.41) is 0. The molecule has 0 N–H and O–H groups in total. The van der Waals surface area contributed by atoms with Gasteiger partial charge in [-0.05, 0) is 0 Å². The third-order valence-electron chi connectivity index (χ3n) is 5.06. The van der Waals surface area contributed by atoms with Gasteiger partial charge in [-0.1, -0.05) is 13.8 Å². The summed E-state index contributed by atoms with van der Waals surface area (Å²) in [7, 11) is 3.10. The Balaban J connectivity index is 1.85. The highest BCUT2D eigenvalue weighted by Gasteiger charge is 2.45. The van der Waals surface area contributed by atoms with Crippen LogP contribution in [0.3, 0.4) is 0 Å². The quantitative estimate of drug-likeness (QED) is 0.841. The summed E-state index contributed by atoms with van der Waals surface area (Å²) in [5.74, 6) is 1.73. The summed E-state index contributed by atoms with van der Waals surface area (Å²) in [6.07, 6.45) is 1.61. The van der Waals surface area contributed by atoms with E-state index >= 15 is 0 Å². The Kier molecular flexibility index (Phi) is 4.62. The lowest BCUT2D eigenvalue weighted by atomic mass is 9.82. The van der Waals surface area contributed by atoms with Gasteiger partial charge in [-0.25, -0.2) is 0 Å². The number of piperidine rings is 1. The predicted molar refractivity (Wildman–Crippen MR) is 92.5 cm³/mol. The van der Waals surface area contributed by atoms with Crippen LogP contribution in [0.25, 0.3) is 0 Å². The van der Waals surface area contributed by atoms with E-state index in [1.807, 2.05) is 18.7 Å². The highest BCUT2D eigenvalue weighted by Crippen LogP contribution is 2.44. The number of likely N-dealkylation sites (tertiary alicyclic amines) is 1. The molecule has 2 aliphatic rings. The number of carbonyl (C=O) groups excluding carboxylic acids is 2. The van der Waals surface area contributed by atoms with Crippen molar-refractivity contribution >= 4 is 11.7 Å². The van der Waals surface area contributed by atoms with Crippen LogP contribution < -0.4 is 14.2 Å². The highest BCUT2D eigenvalue weighted by molar-refractivity contribution is 6.03. The van der Waals surface area contributed by atoms with Crippen LogP contribution in [0.5, 0.6) is 17.2 Å². The first-order valence-corrected chi connectivity index (χ1v) is 8.66. The van der Waals surface area contributed by atoms with Crippen molar-refractivity contribution in [3.05, 3.63) is 17.7 Å². The number of hydrogen-bond acceptors (Lipinski definition) is 5. The minimum Gasteiger partial charge on any atom is -0.496 e. The highest BCUT2D eigenvalue weighted by atomic mass is 16.5. The smallest absolute Gasteiger partial charge is 0.225 e. The number of ether oxygens (including phenoxy) is 3. The molecule has 0 aromatic heterocycles. The van der Waals surface area contributed by atoms with Gasteiger partial charge in [-0.2, -0.15) is 0 Å². The van der Waals surface area contributed by atoms with E-state index in [1.54, 1.807) is 19.2 Å². The SMILES string of the molecule is COc1cc(OC)c2c(c1)OC1(CCN(C(=O)C(C)C)CC1)CC2=O. The fourth-order valence-electron chi connectivity index (χ4n) is 3.63. The van der Waals surface area contributed by atoms with E-state index in [4.69, 9.17) is 14.2 Å². The third kappa shape index (κ3) is 3.17. The molecule has 6 heteroatoms. The number of methoxy groups -OCH3 is 2. The number of hydrogen-bond donors (Lipinski definition) is 0. The van der Waals surface area contributed by atoms with Crippen molar-refractivity contribution in [2.45, 2.75) is 38.7 Å². The first-order valence-electron chi connectivity index (χ1n) is 8.66. The zero-order valence-electron chi connectivity index (χ0n) is 15.3. The third-order valence-corrected chi connectivity index (χ3v) is 5.06. The molecular formula is C19H25NO5. The summed E-state index contributed by atoms with van der Waals surface area (Å²) in [6, 6.07) is 3.43. The van der Waals surface area contributed by atoms with Crippen LogP contribution in [0.4, 0.5) is 0 Å². The number of rotatable bonds is 3. The van der Waals surface area contributed by atoms with Gasteiger partial charge in [-0.3, -0.25) is 9.59 Å². The molecule has 3 rings (SSSR count). The fraction of sp³-hybridized carbons (Fsp3) is 0.579. The number of Topliss-reactive ketones (excluding diaryl/α,β-unsaturated/α-hetero) is 1. The van der Waals surface area contributed by atoms with E-state index in [0.717, 1.165) is 0 Å². The Morgan fingerprint density at radius 1 is 1.20 bits per heavy atom. The molecule has 1 saturated heterocycles. The van der Waals surface area contributed by atoms with E-state index < -0.39 is 5.60 Å². The first kappa shape index (κ1) is 17.6. The van der Waals surface area contributed by atoms with Gasteiger partial charge in [-0.15, -0.1) is 0 Å². The lowest BCUT2D eigenvalue weighted by Gasteiger charge is -2.44. The zero-order chi connectivity index (χ0) is 18.2. The first-order chi connectivity index (χ1) is 11.9. The van der Waals surface area contributed by atoms with Crippen molar-refractivity contribution in [2.24, 2.45) is 5.92 Å². The van der Waals surface area contributed by atoms with Gasteiger partial charge in [0.1, 0.15) is 28.4 Å². The standard InChI is InChI=1S/C19H25NO5/c1-12(2)18(22)20-7-5-19(6-8-20)11-14(21)17-15(24-4)9-13(23-3)10-16(17)25-19/h9-10,12H,5-8,11H2,1-4H3. The predicted octanol–water partition coefficient (Wildman–Crippen LogP) is 2.69. The molecule has 136 valence electrons. The van der Waals surface area contributed by atoms with Crippen LogP contribution in [0.2, 0.25) is 0 Å². The van der Waals surface area contributed by atoms with Gasteiger partial charge in [0.2, 0.25) is 5.91 Å². The molecule has 1 fully saturated rings. The monoisotopic (exact) mass is 347 g/mol. The van der Waals surface area contributed by atoms with Crippen LogP contribution in [-0.2, 0) is 4.79 Å².